The van der Waals surface area contributed by atoms with Crippen molar-refractivity contribution in [2.45, 2.75) is 32.1 Å². The molecule has 0 N–H and O–H groups in total. The second kappa shape index (κ2) is 5.70. The molecular formula is C18H21NO4S. The topological polar surface area (TPSA) is 55.8 Å². The molecule has 2 saturated heterocycles. The number of carbonyl (C=O) groups excluding carboxylic acids is 2. The molecular weight excluding hydrogens is 326 g/mol. The van der Waals surface area contributed by atoms with Crippen LogP contribution in [0.1, 0.15) is 18.7 Å². The quantitative estimate of drug-likeness (QED) is 0.605. The summed E-state index contributed by atoms with van der Waals surface area (Å²) in [7, 11) is 0. The maximum absolute atomic E-state index is 13.0. The molecule has 5 nitrogen and oxygen atoms in total. The van der Waals surface area contributed by atoms with Gasteiger partial charge in [0, 0.05) is 4.88 Å². The van der Waals surface area contributed by atoms with Gasteiger partial charge in [0.15, 0.2) is 0 Å². The van der Waals surface area contributed by atoms with Crippen molar-refractivity contribution in [1.82, 2.24) is 4.90 Å². The van der Waals surface area contributed by atoms with Gasteiger partial charge in [0.1, 0.15) is 11.5 Å². The molecule has 0 radical (unpaired) electrons. The Morgan fingerprint density at radius 2 is 2.38 bits per heavy atom. The van der Waals surface area contributed by atoms with Gasteiger partial charge in [-0.15, -0.1) is 11.3 Å². The van der Waals surface area contributed by atoms with Gasteiger partial charge in [0.25, 0.3) is 0 Å². The Morgan fingerprint density at radius 3 is 3.08 bits per heavy atom. The maximum atomic E-state index is 13.0. The number of rotatable bonds is 5. The zero-order valence-electron chi connectivity index (χ0n) is 13.8. The normalized spacial score (nSPS) is 33.5. The van der Waals surface area contributed by atoms with Gasteiger partial charge < -0.3 is 14.4 Å². The Hall–Kier alpha value is -1.66. The van der Waals surface area contributed by atoms with E-state index in [1.165, 1.54) is 0 Å². The number of likely N-dealkylation sites (tertiary alicyclic amines) is 1. The molecule has 1 spiro atoms. The van der Waals surface area contributed by atoms with Gasteiger partial charge in [0.05, 0.1) is 31.7 Å². The lowest BCUT2D eigenvalue weighted by Crippen LogP contribution is -2.40. The molecule has 0 unspecified atom stereocenters. The van der Waals surface area contributed by atoms with Crippen LogP contribution in [0.5, 0.6) is 0 Å². The van der Waals surface area contributed by atoms with Crippen LogP contribution in [0.4, 0.5) is 0 Å². The number of nitrogens with zero attached hydrogens (tertiary/aromatic N) is 1. The molecule has 4 heterocycles. The third-order valence-electron chi connectivity index (χ3n) is 4.94. The van der Waals surface area contributed by atoms with E-state index in [2.05, 4.69) is 0 Å². The van der Waals surface area contributed by atoms with Crippen LogP contribution in [-0.4, -0.2) is 41.6 Å². The van der Waals surface area contributed by atoms with E-state index in [1.807, 2.05) is 48.4 Å². The number of hydrogen-bond acceptors (Lipinski definition) is 5. The SMILES string of the molecule is CC(C)COC(=O)[C@H]1[C@H]2C=C[C@@]3(CN(Cc4cccs4)C(=O)[C@@H]13)O2. The number of thiophene rings is 1. The van der Waals surface area contributed by atoms with Crippen LogP contribution in [-0.2, 0) is 25.6 Å². The second-order valence-electron chi connectivity index (χ2n) is 7.20. The Bertz CT molecular complexity index is 683. The number of amides is 1. The van der Waals surface area contributed by atoms with Gasteiger partial charge >= 0.3 is 5.97 Å². The summed E-state index contributed by atoms with van der Waals surface area (Å²) in [5.74, 6) is -1.01. The molecule has 24 heavy (non-hydrogen) atoms. The van der Waals surface area contributed by atoms with E-state index >= 15 is 0 Å². The van der Waals surface area contributed by atoms with Crippen LogP contribution >= 0.6 is 11.3 Å². The fourth-order valence-electron chi connectivity index (χ4n) is 3.92. The molecule has 128 valence electrons. The minimum Gasteiger partial charge on any atom is -0.465 e. The Balaban J connectivity index is 1.54. The van der Waals surface area contributed by atoms with Gasteiger partial charge in [0.2, 0.25) is 5.91 Å². The van der Waals surface area contributed by atoms with Crippen LogP contribution in [0.15, 0.2) is 29.7 Å². The maximum Gasteiger partial charge on any atom is 0.312 e. The summed E-state index contributed by atoms with van der Waals surface area (Å²) in [5, 5.41) is 2.00. The third kappa shape index (κ3) is 2.40. The largest absolute Gasteiger partial charge is 0.465 e. The van der Waals surface area contributed by atoms with E-state index < -0.39 is 17.4 Å². The fourth-order valence-corrected chi connectivity index (χ4v) is 4.64. The predicted octanol–water partition coefficient (Wildman–Crippen LogP) is 2.23. The minimum atomic E-state index is -0.652. The van der Waals surface area contributed by atoms with Gasteiger partial charge in [-0.1, -0.05) is 32.1 Å². The van der Waals surface area contributed by atoms with E-state index in [9.17, 15) is 9.59 Å². The molecule has 1 aromatic rings. The molecule has 6 heteroatoms. The number of ether oxygens (including phenoxy) is 2. The standard InChI is InChI=1S/C18H21NO4S/c1-11(2)9-22-17(21)14-13-5-6-18(23-13)10-19(16(20)15(14)18)8-12-4-3-7-24-12/h3-7,11,13-15H,8-10H2,1-2H3/t13-,14+,15-,18+/m1/s1. The molecule has 1 aromatic heterocycles. The highest BCUT2D eigenvalue weighted by Gasteiger charge is 2.67. The summed E-state index contributed by atoms with van der Waals surface area (Å²) >= 11 is 1.63. The highest BCUT2D eigenvalue weighted by molar-refractivity contribution is 7.09. The van der Waals surface area contributed by atoms with Crippen molar-refractivity contribution in [2.75, 3.05) is 13.2 Å². The summed E-state index contributed by atoms with van der Waals surface area (Å²) in [6.45, 7) is 5.45. The molecule has 4 atom stereocenters. The first-order chi connectivity index (χ1) is 11.5. The van der Waals surface area contributed by atoms with Crippen molar-refractivity contribution < 1.29 is 19.1 Å². The van der Waals surface area contributed by atoms with Crippen molar-refractivity contribution in [2.24, 2.45) is 17.8 Å². The van der Waals surface area contributed by atoms with Crippen molar-refractivity contribution in [3.63, 3.8) is 0 Å². The van der Waals surface area contributed by atoms with Gasteiger partial charge in [-0.3, -0.25) is 9.59 Å². The third-order valence-corrected chi connectivity index (χ3v) is 5.80. The Labute approximate surface area is 145 Å². The van der Waals surface area contributed by atoms with Crippen LogP contribution in [0, 0.1) is 17.8 Å². The molecule has 0 aliphatic carbocycles. The molecule has 3 aliphatic heterocycles. The average Bonchev–Trinajstić information content (AvgIpc) is 3.28. The van der Waals surface area contributed by atoms with Gasteiger partial charge in [-0.05, 0) is 17.4 Å². The van der Waals surface area contributed by atoms with Crippen molar-refractivity contribution in [3.05, 3.63) is 34.5 Å². The lowest BCUT2D eigenvalue weighted by atomic mass is 9.77. The summed E-state index contributed by atoms with van der Waals surface area (Å²) < 4.78 is 11.5. The Kier molecular flexibility index (Phi) is 3.77. The van der Waals surface area contributed by atoms with Crippen LogP contribution in [0.25, 0.3) is 0 Å². The first kappa shape index (κ1) is 15.8. The molecule has 2 bridgehead atoms. The van der Waals surface area contributed by atoms with E-state index in [1.54, 1.807) is 11.3 Å². The van der Waals surface area contributed by atoms with E-state index in [-0.39, 0.29) is 23.9 Å². The van der Waals surface area contributed by atoms with Gasteiger partial charge in [-0.25, -0.2) is 0 Å². The summed E-state index contributed by atoms with van der Waals surface area (Å²) in [6.07, 6.45) is 3.56. The number of fused-ring (bicyclic) bond motifs is 1. The lowest BCUT2D eigenvalue weighted by molar-refractivity contribution is -0.154. The van der Waals surface area contributed by atoms with E-state index in [4.69, 9.17) is 9.47 Å². The molecule has 4 rings (SSSR count). The molecule has 3 aliphatic rings. The summed E-state index contributed by atoms with van der Waals surface area (Å²) in [5.41, 5.74) is -0.652. The number of esters is 1. The first-order valence-corrected chi connectivity index (χ1v) is 9.23. The molecule has 2 fully saturated rings. The Morgan fingerprint density at radius 1 is 1.54 bits per heavy atom. The monoisotopic (exact) mass is 347 g/mol. The van der Waals surface area contributed by atoms with Crippen LogP contribution < -0.4 is 0 Å². The highest BCUT2D eigenvalue weighted by Crippen LogP contribution is 2.52. The average molecular weight is 347 g/mol. The zero-order chi connectivity index (χ0) is 16.9. The number of hydrogen-bond donors (Lipinski definition) is 0. The smallest absolute Gasteiger partial charge is 0.312 e. The van der Waals surface area contributed by atoms with Crippen molar-refractivity contribution >= 4 is 23.2 Å². The first-order valence-electron chi connectivity index (χ1n) is 8.35. The van der Waals surface area contributed by atoms with E-state index in [0.717, 1.165) is 4.88 Å². The zero-order valence-corrected chi connectivity index (χ0v) is 14.6. The van der Waals surface area contributed by atoms with E-state index in [0.29, 0.717) is 19.7 Å². The lowest BCUT2D eigenvalue weighted by Gasteiger charge is -2.23. The second-order valence-corrected chi connectivity index (χ2v) is 8.23. The molecule has 1 amide bonds. The summed E-state index contributed by atoms with van der Waals surface area (Å²) in [4.78, 5) is 28.5. The highest BCUT2D eigenvalue weighted by atomic mass is 32.1. The molecule has 0 saturated carbocycles. The minimum absolute atomic E-state index is 0.00162. The van der Waals surface area contributed by atoms with Gasteiger partial charge in [-0.2, -0.15) is 0 Å². The predicted molar refractivity (Wildman–Crippen MR) is 89.3 cm³/mol. The molecule has 0 aromatic carbocycles. The van der Waals surface area contributed by atoms with Crippen LogP contribution in [0.2, 0.25) is 0 Å². The number of carbonyl (C=O) groups is 2. The van der Waals surface area contributed by atoms with Crippen molar-refractivity contribution in [3.8, 4) is 0 Å². The fraction of sp³-hybridized carbons (Fsp3) is 0.556. The summed E-state index contributed by atoms with van der Waals surface area (Å²) in [6, 6.07) is 4.00. The van der Waals surface area contributed by atoms with Crippen LogP contribution in [0.3, 0.4) is 0 Å². The van der Waals surface area contributed by atoms with Crippen molar-refractivity contribution in [1.29, 1.82) is 0 Å².